The Labute approximate surface area is 127 Å². The molecule has 3 heterocycles. The first-order valence-corrected chi connectivity index (χ1v) is 8.16. The minimum atomic E-state index is 0.0736. The van der Waals surface area contributed by atoms with Crippen LogP contribution in [0.2, 0.25) is 0 Å². The highest BCUT2D eigenvalue weighted by Crippen LogP contribution is 2.24. The number of nitrogens with zero attached hydrogens (tertiary/aromatic N) is 5. The van der Waals surface area contributed by atoms with Crippen LogP contribution >= 0.6 is 11.8 Å². The molecular formula is C14H17N5OS. The molecule has 21 heavy (non-hydrogen) atoms. The highest BCUT2D eigenvalue weighted by molar-refractivity contribution is 7.98. The van der Waals surface area contributed by atoms with Crippen molar-refractivity contribution in [2.45, 2.75) is 23.9 Å². The molecular weight excluding hydrogens is 286 g/mol. The second kappa shape index (κ2) is 6.26. The smallest absolute Gasteiger partial charge is 0.256 e. The van der Waals surface area contributed by atoms with Gasteiger partial charge in [0.2, 0.25) is 0 Å². The third-order valence-electron chi connectivity index (χ3n) is 3.76. The molecule has 1 aliphatic heterocycles. The van der Waals surface area contributed by atoms with Gasteiger partial charge < -0.3 is 4.90 Å². The highest BCUT2D eigenvalue weighted by Gasteiger charge is 2.26. The van der Waals surface area contributed by atoms with E-state index in [2.05, 4.69) is 15.3 Å². The lowest BCUT2D eigenvalue weighted by molar-refractivity contribution is 0.0685. The lowest BCUT2D eigenvalue weighted by Gasteiger charge is -2.32. The molecule has 0 atom stereocenters. The summed E-state index contributed by atoms with van der Waals surface area (Å²) in [5, 5.41) is 8.68. The molecule has 0 unspecified atom stereocenters. The maximum absolute atomic E-state index is 12.6. The Kier molecular flexibility index (Phi) is 4.19. The molecule has 2 aromatic rings. The van der Waals surface area contributed by atoms with Gasteiger partial charge in [0, 0.05) is 25.5 Å². The summed E-state index contributed by atoms with van der Waals surface area (Å²) < 4.78 is 1.89. The van der Waals surface area contributed by atoms with E-state index in [0.717, 1.165) is 31.0 Å². The summed E-state index contributed by atoms with van der Waals surface area (Å²) in [6.45, 7) is 1.48. The van der Waals surface area contributed by atoms with Crippen LogP contribution in [0.5, 0.6) is 0 Å². The normalized spacial score (nSPS) is 16.1. The lowest BCUT2D eigenvalue weighted by atomic mass is 10.0. The van der Waals surface area contributed by atoms with E-state index in [1.165, 1.54) is 11.8 Å². The summed E-state index contributed by atoms with van der Waals surface area (Å²) in [7, 11) is 0. The molecule has 1 saturated heterocycles. The Morgan fingerprint density at radius 3 is 2.81 bits per heavy atom. The van der Waals surface area contributed by atoms with Crippen molar-refractivity contribution in [1.82, 2.24) is 24.9 Å². The molecule has 0 bridgehead atoms. The minimum Gasteiger partial charge on any atom is -0.338 e. The van der Waals surface area contributed by atoms with Gasteiger partial charge >= 0.3 is 0 Å². The summed E-state index contributed by atoms with van der Waals surface area (Å²) in [6.07, 6.45) is 9.05. The topological polar surface area (TPSA) is 63.9 Å². The Hall–Kier alpha value is -1.89. The zero-order valence-electron chi connectivity index (χ0n) is 11.8. The number of hydrogen-bond acceptors (Lipinski definition) is 5. The van der Waals surface area contributed by atoms with E-state index in [0.29, 0.717) is 11.6 Å². The predicted molar refractivity (Wildman–Crippen MR) is 80.2 cm³/mol. The lowest BCUT2D eigenvalue weighted by Crippen LogP contribution is -2.39. The third-order valence-corrected chi connectivity index (χ3v) is 4.47. The summed E-state index contributed by atoms with van der Waals surface area (Å²) in [6, 6.07) is 4.00. The fraction of sp³-hybridized carbons (Fsp3) is 0.429. The van der Waals surface area contributed by atoms with Crippen molar-refractivity contribution in [3.05, 3.63) is 36.3 Å². The van der Waals surface area contributed by atoms with Crippen LogP contribution in [0.3, 0.4) is 0 Å². The van der Waals surface area contributed by atoms with Gasteiger partial charge in [-0.1, -0.05) is 5.21 Å². The SMILES string of the molecule is CSc1ncccc1C(=O)N1CCC(n2ccnn2)CC1. The molecule has 0 radical (unpaired) electrons. The molecule has 1 aliphatic rings. The summed E-state index contributed by atoms with van der Waals surface area (Å²) in [5.74, 6) is 0.0736. The van der Waals surface area contributed by atoms with Crippen molar-refractivity contribution in [2.24, 2.45) is 0 Å². The largest absolute Gasteiger partial charge is 0.338 e. The molecule has 7 heteroatoms. The maximum Gasteiger partial charge on any atom is 0.256 e. The Morgan fingerprint density at radius 2 is 2.14 bits per heavy atom. The summed E-state index contributed by atoms with van der Waals surface area (Å²) in [5.41, 5.74) is 0.698. The average molecular weight is 303 g/mol. The number of amides is 1. The molecule has 1 amide bonds. The number of hydrogen-bond donors (Lipinski definition) is 0. The molecule has 110 valence electrons. The molecule has 0 aliphatic carbocycles. The number of thioether (sulfide) groups is 1. The summed E-state index contributed by atoms with van der Waals surface area (Å²) >= 11 is 1.51. The molecule has 1 fully saturated rings. The first kappa shape index (κ1) is 14.1. The Balaban J connectivity index is 1.68. The summed E-state index contributed by atoms with van der Waals surface area (Å²) in [4.78, 5) is 18.8. The number of carbonyl (C=O) groups excluding carboxylic acids is 1. The number of aromatic nitrogens is 4. The predicted octanol–water partition coefficient (Wildman–Crippen LogP) is 1.87. The van der Waals surface area contributed by atoms with Crippen LogP contribution in [0.15, 0.2) is 35.7 Å². The van der Waals surface area contributed by atoms with Crippen molar-refractivity contribution in [3.8, 4) is 0 Å². The van der Waals surface area contributed by atoms with Crippen LogP contribution in [0.1, 0.15) is 29.2 Å². The van der Waals surface area contributed by atoms with E-state index in [4.69, 9.17) is 0 Å². The number of piperidine rings is 1. The van der Waals surface area contributed by atoms with Gasteiger partial charge in [-0.2, -0.15) is 0 Å². The van der Waals surface area contributed by atoms with Gasteiger partial charge in [0.15, 0.2) is 0 Å². The van der Waals surface area contributed by atoms with E-state index in [1.807, 2.05) is 34.2 Å². The van der Waals surface area contributed by atoms with Crippen molar-refractivity contribution in [3.63, 3.8) is 0 Å². The molecule has 2 aromatic heterocycles. The van der Waals surface area contributed by atoms with Gasteiger partial charge in [-0.3, -0.25) is 4.79 Å². The van der Waals surface area contributed by atoms with Gasteiger partial charge in [0.05, 0.1) is 17.8 Å². The van der Waals surface area contributed by atoms with Gasteiger partial charge in [0.1, 0.15) is 5.03 Å². The van der Waals surface area contributed by atoms with E-state index in [9.17, 15) is 4.79 Å². The van der Waals surface area contributed by atoms with Crippen LogP contribution in [-0.2, 0) is 0 Å². The second-order valence-electron chi connectivity index (χ2n) is 4.97. The second-order valence-corrected chi connectivity index (χ2v) is 5.76. The zero-order valence-corrected chi connectivity index (χ0v) is 12.7. The van der Waals surface area contributed by atoms with Crippen LogP contribution < -0.4 is 0 Å². The molecule has 3 rings (SSSR count). The number of rotatable bonds is 3. The molecule has 0 N–H and O–H groups in total. The van der Waals surface area contributed by atoms with Crippen LogP contribution in [0, 0.1) is 0 Å². The first-order chi connectivity index (χ1) is 10.3. The Morgan fingerprint density at radius 1 is 1.33 bits per heavy atom. The van der Waals surface area contributed by atoms with Crippen LogP contribution in [0.25, 0.3) is 0 Å². The van der Waals surface area contributed by atoms with Gasteiger partial charge in [-0.05, 0) is 31.2 Å². The van der Waals surface area contributed by atoms with Gasteiger partial charge in [-0.25, -0.2) is 9.67 Å². The highest BCUT2D eigenvalue weighted by atomic mass is 32.2. The fourth-order valence-corrected chi connectivity index (χ4v) is 3.17. The van der Waals surface area contributed by atoms with Gasteiger partial charge in [-0.15, -0.1) is 16.9 Å². The quantitative estimate of drug-likeness (QED) is 0.810. The monoisotopic (exact) mass is 303 g/mol. The molecule has 0 saturated carbocycles. The third kappa shape index (κ3) is 2.92. The van der Waals surface area contributed by atoms with Crippen LogP contribution in [0.4, 0.5) is 0 Å². The van der Waals surface area contributed by atoms with E-state index >= 15 is 0 Å². The van der Waals surface area contributed by atoms with Crippen molar-refractivity contribution in [2.75, 3.05) is 19.3 Å². The molecule has 0 spiro atoms. The average Bonchev–Trinajstić information content (AvgIpc) is 3.09. The number of pyridine rings is 1. The maximum atomic E-state index is 12.6. The van der Waals surface area contributed by atoms with Crippen molar-refractivity contribution < 1.29 is 4.79 Å². The first-order valence-electron chi connectivity index (χ1n) is 6.93. The standard InChI is InChI=1S/C14H17N5OS/c1-21-13-12(3-2-6-15-13)14(20)18-8-4-11(5-9-18)19-10-7-16-17-19/h2-3,6-7,10-11H,4-5,8-9H2,1H3. The van der Waals surface area contributed by atoms with E-state index in [1.54, 1.807) is 12.4 Å². The zero-order chi connectivity index (χ0) is 14.7. The van der Waals surface area contributed by atoms with E-state index < -0.39 is 0 Å². The van der Waals surface area contributed by atoms with Gasteiger partial charge in [0.25, 0.3) is 5.91 Å². The number of carbonyl (C=O) groups is 1. The van der Waals surface area contributed by atoms with Crippen LogP contribution in [-0.4, -0.2) is 50.1 Å². The molecule has 0 aromatic carbocycles. The van der Waals surface area contributed by atoms with E-state index in [-0.39, 0.29) is 5.91 Å². The fourth-order valence-electron chi connectivity index (χ4n) is 2.63. The van der Waals surface area contributed by atoms with Crippen molar-refractivity contribution >= 4 is 17.7 Å². The molecule has 6 nitrogen and oxygen atoms in total. The minimum absolute atomic E-state index is 0.0736. The Bertz CT molecular complexity index is 608. The number of likely N-dealkylation sites (tertiary alicyclic amines) is 1. The van der Waals surface area contributed by atoms with Crippen molar-refractivity contribution in [1.29, 1.82) is 0 Å².